The Hall–Kier alpha value is -1.16. The van der Waals surface area contributed by atoms with Gasteiger partial charge in [-0.1, -0.05) is 0 Å². The molecule has 1 aliphatic rings. The van der Waals surface area contributed by atoms with Crippen LogP contribution in [0.4, 0.5) is 0 Å². The van der Waals surface area contributed by atoms with Crippen LogP contribution in [0.5, 0.6) is 6.01 Å². The van der Waals surface area contributed by atoms with Crippen LogP contribution in [0.25, 0.3) is 0 Å². The molecular weight excluding hydrogens is 202 g/mol. The molecule has 88 valence electrons. The van der Waals surface area contributed by atoms with Gasteiger partial charge in [0.05, 0.1) is 0 Å². The molecule has 0 amide bonds. The summed E-state index contributed by atoms with van der Waals surface area (Å²) in [5.41, 5.74) is 0.949. The molecule has 0 aromatic carbocycles. The third-order valence-electron chi connectivity index (χ3n) is 3.11. The van der Waals surface area contributed by atoms with Crippen molar-refractivity contribution in [1.82, 2.24) is 14.9 Å². The van der Waals surface area contributed by atoms with E-state index >= 15 is 0 Å². The van der Waals surface area contributed by atoms with Crippen LogP contribution >= 0.6 is 0 Å². The number of aryl methyl sites for hydroxylation is 1. The second-order valence-corrected chi connectivity index (χ2v) is 4.60. The van der Waals surface area contributed by atoms with E-state index in [4.69, 9.17) is 4.74 Å². The Morgan fingerprint density at radius 1 is 1.38 bits per heavy atom. The number of nitrogens with zero attached hydrogens (tertiary/aromatic N) is 3. The number of rotatable bonds is 3. The van der Waals surface area contributed by atoms with Crippen molar-refractivity contribution in [3.8, 4) is 6.01 Å². The lowest BCUT2D eigenvalue weighted by Gasteiger charge is -2.25. The minimum absolute atomic E-state index is 0.233. The molecule has 2 unspecified atom stereocenters. The topological polar surface area (TPSA) is 38.2 Å². The van der Waals surface area contributed by atoms with Crippen molar-refractivity contribution in [3.63, 3.8) is 0 Å². The number of ether oxygens (including phenoxy) is 1. The van der Waals surface area contributed by atoms with E-state index in [1.54, 1.807) is 6.20 Å². The molecule has 0 N–H and O–H groups in total. The van der Waals surface area contributed by atoms with Gasteiger partial charge >= 0.3 is 6.01 Å². The summed E-state index contributed by atoms with van der Waals surface area (Å²) in [4.78, 5) is 10.7. The highest BCUT2D eigenvalue weighted by Gasteiger charge is 2.31. The first kappa shape index (κ1) is 11.3. The monoisotopic (exact) mass is 221 g/mol. The number of hydrogen-bond donors (Lipinski definition) is 0. The molecule has 1 aliphatic carbocycles. The van der Waals surface area contributed by atoms with Crippen LogP contribution in [0.15, 0.2) is 12.3 Å². The van der Waals surface area contributed by atoms with E-state index in [9.17, 15) is 0 Å². The van der Waals surface area contributed by atoms with Gasteiger partial charge in [-0.05, 0) is 46.3 Å². The van der Waals surface area contributed by atoms with Gasteiger partial charge in [-0.3, -0.25) is 0 Å². The van der Waals surface area contributed by atoms with Crippen LogP contribution < -0.4 is 4.74 Å². The first-order valence-corrected chi connectivity index (χ1v) is 5.79. The Kier molecular flexibility index (Phi) is 3.39. The molecule has 0 aliphatic heterocycles. The van der Waals surface area contributed by atoms with E-state index < -0.39 is 0 Å². The first-order chi connectivity index (χ1) is 7.66. The lowest BCUT2D eigenvalue weighted by atomic mass is 10.2. The van der Waals surface area contributed by atoms with Gasteiger partial charge in [0.15, 0.2) is 0 Å². The largest absolute Gasteiger partial charge is 0.458 e. The van der Waals surface area contributed by atoms with Crippen LogP contribution in [-0.4, -0.2) is 41.1 Å². The second kappa shape index (κ2) is 4.78. The maximum atomic E-state index is 5.87. The zero-order valence-electron chi connectivity index (χ0n) is 10.2. The lowest BCUT2D eigenvalue weighted by molar-refractivity contribution is 0.111. The summed E-state index contributed by atoms with van der Waals surface area (Å²) in [5.74, 6) is 0. The van der Waals surface area contributed by atoms with Crippen molar-refractivity contribution in [2.45, 2.75) is 38.3 Å². The normalized spacial score (nSPS) is 25.0. The third kappa shape index (κ3) is 2.50. The Labute approximate surface area is 96.7 Å². The molecule has 1 aromatic rings. The Morgan fingerprint density at radius 2 is 2.19 bits per heavy atom. The average molecular weight is 221 g/mol. The summed E-state index contributed by atoms with van der Waals surface area (Å²) >= 11 is 0. The molecule has 0 bridgehead atoms. The van der Waals surface area contributed by atoms with Crippen LogP contribution in [0.3, 0.4) is 0 Å². The summed E-state index contributed by atoms with van der Waals surface area (Å²) in [5, 5.41) is 0. The molecule has 2 rings (SSSR count). The van der Waals surface area contributed by atoms with Gasteiger partial charge in [0, 0.05) is 17.9 Å². The highest BCUT2D eigenvalue weighted by Crippen LogP contribution is 2.25. The molecule has 1 heterocycles. The van der Waals surface area contributed by atoms with E-state index in [0.29, 0.717) is 12.1 Å². The van der Waals surface area contributed by atoms with Crippen LogP contribution in [0, 0.1) is 6.92 Å². The van der Waals surface area contributed by atoms with Crippen molar-refractivity contribution in [2.24, 2.45) is 0 Å². The van der Waals surface area contributed by atoms with Gasteiger partial charge in [0.1, 0.15) is 6.10 Å². The van der Waals surface area contributed by atoms with Gasteiger partial charge in [-0.2, -0.15) is 0 Å². The summed E-state index contributed by atoms with van der Waals surface area (Å²) in [6.45, 7) is 1.95. The maximum Gasteiger partial charge on any atom is 0.316 e. The molecule has 4 nitrogen and oxygen atoms in total. The van der Waals surface area contributed by atoms with E-state index in [1.165, 1.54) is 12.8 Å². The fraction of sp³-hybridized carbons (Fsp3) is 0.667. The lowest BCUT2D eigenvalue weighted by Crippen LogP contribution is -2.38. The molecule has 4 heteroatoms. The molecule has 1 aromatic heterocycles. The first-order valence-electron chi connectivity index (χ1n) is 5.79. The standard InChI is InChI=1S/C12H19N3O/c1-9-7-8-13-12(14-9)16-11-6-4-5-10(11)15(2)3/h7-8,10-11H,4-6H2,1-3H3. The van der Waals surface area contributed by atoms with Gasteiger partial charge in [-0.25, -0.2) is 9.97 Å². The minimum atomic E-state index is 0.233. The molecular formula is C12H19N3O. The van der Waals surface area contributed by atoms with Gasteiger partial charge in [0.25, 0.3) is 0 Å². The van der Waals surface area contributed by atoms with E-state index in [2.05, 4.69) is 29.0 Å². The molecule has 1 fully saturated rings. The SMILES string of the molecule is Cc1ccnc(OC2CCCC2N(C)C)n1. The fourth-order valence-corrected chi connectivity index (χ4v) is 2.25. The fourth-order valence-electron chi connectivity index (χ4n) is 2.25. The summed E-state index contributed by atoms with van der Waals surface area (Å²) < 4.78 is 5.87. The summed E-state index contributed by atoms with van der Waals surface area (Å²) in [7, 11) is 4.20. The molecule has 0 saturated heterocycles. The second-order valence-electron chi connectivity index (χ2n) is 4.60. The summed E-state index contributed by atoms with van der Waals surface area (Å²) in [6.07, 6.45) is 5.50. The molecule has 1 saturated carbocycles. The Balaban J connectivity index is 2.04. The molecule has 16 heavy (non-hydrogen) atoms. The molecule has 0 radical (unpaired) electrons. The van der Waals surface area contributed by atoms with E-state index in [-0.39, 0.29) is 6.10 Å². The van der Waals surface area contributed by atoms with Gasteiger partial charge in [0.2, 0.25) is 0 Å². The zero-order valence-corrected chi connectivity index (χ0v) is 10.2. The van der Waals surface area contributed by atoms with Crippen molar-refractivity contribution in [2.75, 3.05) is 14.1 Å². The number of likely N-dealkylation sites (N-methyl/N-ethyl adjacent to an activating group) is 1. The van der Waals surface area contributed by atoms with Crippen molar-refractivity contribution < 1.29 is 4.74 Å². The van der Waals surface area contributed by atoms with E-state index in [1.807, 2.05) is 13.0 Å². The van der Waals surface area contributed by atoms with Crippen molar-refractivity contribution in [1.29, 1.82) is 0 Å². The average Bonchev–Trinajstić information content (AvgIpc) is 2.66. The quantitative estimate of drug-likeness (QED) is 0.778. The van der Waals surface area contributed by atoms with Gasteiger partial charge < -0.3 is 9.64 Å². The van der Waals surface area contributed by atoms with Gasteiger partial charge in [-0.15, -0.1) is 0 Å². The van der Waals surface area contributed by atoms with Crippen LogP contribution in [0.2, 0.25) is 0 Å². The maximum absolute atomic E-state index is 5.87. The zero-order chi connectivity index (χ0) is 11.5. The smallest absolute Gasteiger partial charge is 0.316 e. The predicted molar refractivity (Wildman–Crippen MR) is 62.5 cm³/mol. The van der Waals surface area contributed by atoms with E-state index in [0.717, 1.165) is 12.1 Å². The Morgan fingerprint density at radius 3 is 2.88 bits per heavy atom. The number of aromatic nitrogens is 2. The number of hydrogen-bond acceptors (Lipinski definition) is 4. The Bertz CT molecular complexity index is 354. The van der Waals surface area contributed by atoms with Crippen molar-refractivity contribution >= 4 is 0 Å². The minimum Gasteiger partial charge on any atom is -0.458 e. The predicted octanol–water partition coefficient (Wildman–Crippen LogP) is 1.65. The molecule has 0 spiro atoms. The van der Waals surface area contributed by atoms with Crippen molar-refractivity contribution in [3.05, 3.63) is 18.0 Å². The highest BCUT2D eigenvalue weighted by atomic mass is 16.5. The third-order valence-corrected chi connectivity index (χ3v) is 3.11. The molecule has 2 atom stereocenters. The summed E-state index contributed by atoms with van der Waals surface area (Å²) in [6, 6.07) is 2.88. The van der Waals surface area contributed by atoms with Crippen LogP contribution in [-0.2, 0) is 0 Å². The van der Waals surface area contributed by atoms with Crippen LogP contribution in [0.1, 0.15) is 25.0 Å². The highest BCUT2D eigenvalue weighted by molar-refractivity contribution is 5.04.